The van der Waals surface area contributed by atoms with Crippen LogP contribution in [0.2, 0.25) is 5.02 Å². The molecule has 196 valence electrons. The number of methoxy groups -OCH3 is 1. The summed E-state index contributed by atoms with van der Waals surface area (Å²) < 4.78 is 7.08. The van der Waals surface area contributed by atoms with Crippen molar-refractivity contribution in [3.05, 3.63) is 103 Å². The van der Waals surface area contributed by atoms with Crippen LogP contribution in [0.15, 0.2) is 65.5 Å². The highest BCUT2D eigenvalue weighted by Gasteiger charge is 2.29. The molecule has 0 saturated carbocycles. The Kier molecular flexibility index (Phi) is 7.78. The molecule has 3 aromatic carbocycles. The van der Waals surface area contributed by atoms with Gasteiger partial charge in [-0.25, -0.2) is 4.98 Å². The van der Waals surface area contributed by atoms with Crippen LogP contribution in [0.5, 0.6) is 5.75 Å². The maximum Gasteiger partial charge on any atom is 0.270 e. The highest BCUT2D eigenvalue weighted by Crippen LogP contribution is 2.31. The molecule has 1 atom stereocenters. The number of hydrogen-bond donors (Lipinski definition) is 0. The predicted octanol–water partition coefficient (Wildman–Crippen LogP) is 5.88. The molecule has 0 saturated heterocycles. The first-order valence-corrected chi connectivity index (χ1v) is 12.5. The Morgan fingerprint density at radius 1 is 1.18 bits per heavy atom. The number of rotatable bonds is 8. The second-order valence-corrected chi connectivity index (χ2v) is 9.31. The number of aryl methyl sites for hydroxylation is 1. The van der Waals surface area contributed by atoms with Gasteiger partial charge in [-0.05, 0) is 56.2 Å². The van der Waals surface area contributed by atoms with Crippen molar-refractivity contribution in [3.63, 3.8) is 0 Å². The highest BCUT2D eigenvalue weighted by atomic mass is 35.5. The summed E-state index contributed by atoms with van der Waals surface area (Å²) in [5, 5.41) is 11.6. The molecule has 1 aromatic heterocycles. The zero-order chi connectivity index (χ0) is 27.6. The first-order valence-electron chi connectivity index (χ1n) is 12.1. The molecule has 0 aliphatic carbocycles. The molecule has 1 unspecified atom stereocenters. The molecule has 1 heterocycles. The van der Waals surface area contributed by atoms with E-state index in [1.807, 2.05) is 26.0 Å². The van der Waals surface area contributed by atoms with Gasteiger partial charge in [-0.2, -0.15) is 0 Å². The monoisotopic (exact) mass is 534 g/mol. The van der Waals surface area contributed by atoms with Crippen molar-refractivity contribution >= 4 is 34.1 Å². The second-order valence-electron chi connectivity index (χ2n) is 8.90. The fourth-order valence-electron chi connectivity index (χ4n) is 4.43. The van der Waals surface area contributed by atoms with Gasteiger partial charge in [-0.1, -0.05) is 36.7 Å². The van der Waals surface area contributed by atoms with Crippen LogP contribution in [0.3, 0.4) is 0 Å². The average Bonchev–Trinajstić information content (AvgIpc) is 2.90. The molecule has 9 nitrogen and oxygen atoms in total. The number of amides is 1. The third-order valence-electron chi connectivity index (χ3n) is 6.34. The van der Waals surface area contributed by atoms with Crippen molar-refractivity contribution in [1.29, 1.82) is 0 Å². The van der Waals surface area contributed by atoms with E-state index in [-0.39, 0.29) is 21.8 Å². The fourth-order valence-corrected chi connectivity index (χ4v) is 4.69. The minimum Gasteiger partial charge on any atom is -0.495 e. The summed E-state index contributed by atoms with van der Waals surface area (Å²) in [5.74, 6) is 0.400. The molecule has 0 spiro atoms. The van der Waals surface area contributed by atoms with Crippen molar-refractivity contribution < 1.29 is 14.5 Å². The Labute approximate surface area is 224 Å². The predicted molar refractivity (Wildman–Crippen MR) is 146 cm³/mol. The molecule has 4 rings (SSSR count). The molecule has 0 radical (unpaired) electrons. The number of hydrogen-bond acceptors (Lipinski definition) is 6. The van der Waals surface area contributed by atoms with Gasteiger partial charge in [-0.3, -0.25) is 24.3 Å². The summed E-state index contributed by atoms with van der Waals surface area (Å²) in [7, 11) is 1.53. The van der Waals surface area contributed by atoms with Gasteiger partial charge in [0.2, 0.25) is 0 Å². The zero-order valence-corrected chi connectivity index (χ0v) is 22.2. The Morgan fingerprint density at radius 2 is 1.92 bits per heavy atom. The molecule has 0 bridgehead atoms. The number of benzene rings is 3. The minimum absolute atomic E-state index is 0.0262. The summed E-state index contributed by atoms with van der Waals surface area (Å²) in [6.07, 6.45) is 0.617. The number of nitro benzene ring substituents is 1. The zero-order valence-electron chi connectivity index (χ0n) is 21.5. The lowest BCUT2D eigenvalue weighted by molar-refractivity contribution is -0.384. The van der Waals surface area contributed by atoms with Crippen LogP contribution in [0, 0.1) is 17.0 Å². The molecular weight excluding hydrogens is 508 g/mol. The van der Waals surface area contributed by atoms with E-state index >= 15 is 0 Å². The molecule has 38 heavy (non-hydrogen) atoms. The van der Waals surface area contributed by atoms with Gasteiger partial charge in [0.15, 0.2) is 0 Å². The summed E-state index contributed by atoms with van der Waals surface area (Å²) in [6.45, 7) is 5.97. The molecule has 4 aromatic rings. The van der Waals surface area contributed by atoms with E-state index in [1.165, 1.54) is 23.8 Å². The Balaban J connectivity index is 1.93. The van der Waals surface area contributed by atoms with Crippen LogP contribution in [0.1, 0.15) is 48.1 Å². The summed E-state index contributed by atoms with van der Waals surface area (Å²) >= 11 is 6.31. The number of carbonyl (C=O) groups is 1. The smallest absolute Gasteiger partial charge is 0.270 e. The number of carbonyl (C=O) groups excluding carboxylic acids is 1. The number of fused-ring (bicyclic) bond motifs is 1. The van der Waals surface area contributed by atoms with Crippen LogP contribution in [0.4, 0.5) is 5.69 Å². The van der Waals surface area contributed by atoms with E-state index in [4.69, 9.17) is 21.3 Å². The maximum absolute atomic E-state index is 13.9. The fraction of sp³-hybridized carbons (Fsp3) is 0.250. The molecule has 0 N–H and O–H groups in total. The van der Waals surface area contributed by atoms with Crippen molar-refractivity contribution in [2.45, 2.75) is 33.2 Å². The van der Waals surface area contributed by atoms with Gasteiger partial charge in [-0.15, -0.1) is 0 Å². The molecule has 0 aliphatic rings. The van der Waals surface area contributed by atoms with E-state index < -0.39 is 16.9 Å². The van der Waals surface area contributed by atoms with E-state index in [2.05, 4.69) is 0 Å². The lowest BCUT2D eigenvalue weighted by atomic mass is 10.1. The van der Waals surface area contributed by atoms with Gasteiger partial charge < -0.3 is 9.64 Å². The molecule has 1 amide bonds. The maximum atomic E-state index is 13.9. The van der Waals surface area contributed by atoms with Gasteiger partial charge in [0.25, 0.3) is 17.2 Å². The summed E-state index contributed by atoms with van der Waals surface area (Å²) in [6, 6.07) is 15.6. The number of halogens is 1. The van der Waals surface area contributed by atoms with Crippen molar-refractivity contribution in [2.75, 3.05) is 13.7 Å². The third-order valence-corrected chi connectivity index (χ3v) is 6.65. The Bertz CT molecular complexity index is 1600. The Hall–Kier alpha value is -4.24. The van der Waals surface area contributed by atoms with Crippen molar-refractivity contribution in [2.24, 2.45) is 0 Å². The van der Waals surface area contributed by atoms with Crippen molar-refractivity contribution in [1.82, 2.24) is 14.5 Å². The molecular formula is C28H27ClN4O5. The molecule has 0 aliphatic heterocycles. The van der Waals surface area contributed by atoms with E-state index in [1.54, 1.807) is 42.2 Å². The first-order chi connectivity index (χ1) is 18.2. The molecule has 10 heteroatoms. The molecule has 0 fully saturated rings. The normalized spacial score (nSPS) is 11.8. The number of aromatic nitrogens is 2. The van der Waals surface area contributed by atoms with Crippen LogP contribution < -0.4 is 10.3 Å². The first kappa shape index (κ1) is 26.8. The minimum atomic E-state index is -0.670. The van der Waals surface area contributed by atoms with Crippen LogP contribution in [-0.4, -0.2) is 38.9 Å². The number of para-hydroxylation sites is 1. The Morgan fingerprint density at radius 3 is 2.58 bits per heavy atom. The van der Waals surface area contributed by atoms with Crippen LogP contribution in [-0.2, 0) is 0 Å². The number of ether oxygens (including phenoxy) is 1. The second kappa shape index (κ2) is 11.0. The number of nitro groups is 1. The quantitative estimate of drug-likeness (QED) is 0.206. The number of non-ortho nitro benzene ring substituents is 1. The van der Waals surface area contributed by atoms with Crippen LogP contribution >= 0.6 is 11.6 Å². The lowest BCUT2D eigenvalue weighted by Gasteiger charge is -2.31. The topological polar surface area (TPSA) is 108 Å². The van der Waals surface area contributed by atoms with Gasteiger partial charge in [0.1, 0.15) is 11.6 Å². The standard InChI is InChI=1S/C28H27ClN4O5/c1-5-14-31(27(34)20-12-11-19(33(36)37)16-22(20)29)18(3)26-30-23-9-7-6-8-21(23)28(35)32(26)24-15-17(2)10-13-25(24)38-4/h6-13,15-16,18H,5,14H2,1-4H3. The van der Waals surface area contributed by atoms with Gasteiger partial charge in [0.05, 0.1) is 45.3 Å². The van der Waals surface area contributed by atoms with E-state index in [0.29, 0.717) is 41.1 Å². The largest absolute Gasteiger partial charge is 0.495 e. The average molecular weight is 535 g/mol. The third kappa shape index (κ3) is 4.97. The van der Waals surface area contributed by atoms with E-state index in [9.17, 15) is 19.7 Å². The van der Waals surface area contributed by atoms with E-state index in [0.717, 1.165) is 11.6 Å². The summed E-state index contributed by atoms with van der Waals surface area (Å²) in [4.78, 5) is 44.6. The van der Waals surface area contributed by atoms with Gasteiger partial charge in [0, 0.05) is 18.7 Å². The van der Waals surface area contributed by atoms with Gasteiger partial charge >= 0.3 is 0 Å². The van der Waals surface area contributed by atoms with Crippen molar-refractivity contribution in [3.8, 4) is 11.4 Å². The van der Waals surface area contributed by atoms with Crippen LogP contribution in [0.25, 0.3) is 16.6 Å². The SMILES string of the molecule is CCCN(C(=O)c1ccc([N+](=O)[O-])cc1Cl)C(C)c1nc2ccccc2c(=O)n1-c1cc(C)ccc1OC. The lowest BCUT2D eigenvalue weighted by Crippen LogP contribution is -2.38. The summed E-state index contributed by atoms with van der Waals surface area (Å²) in [5.41, 5.74) is 1.55. The number of nitrogens with zero attached hydrogens (tertiary/aromatic N) is 4. The highest BCUT2D eigenvalue weighted by molar-refractivity contribution is 6.34.